The van der Waals surface area contributed by atoms with E-state index in [0.29, 0.717) is 6.10 Å². The maximum Gasteiger partial charge on any atom is 0.0700 e. The van der Waals surface area contributed by atoms with Gasteiger partial charge in [-0.3, -0.25) is 11.7 Å². The molecule has 0 bridgehead atoms. The van der Waals surface area contributed by atoms with Gasteiger partial charge in [0.15, 0.2) is 0 Å². The maximum absolute atomic E-state index is 5.60. The number of ether oxygens (including phenoxy) is 1. The molecule has 0 spiro atoms. The highest BCUT2D eigenvalue weighted by Gasteiger charge is 2.11. The van der Waals surface area contributed by atoms with Gasteiger partial charge in [0.1, 0.15) is 0 Å². The lowest BCUT2D eigenvalue weighted by Crippen LogP contribution is -2.38. The number of hydrazine groups is 1. The van der Waals surface area contributed by atoms with Crippen molar-refractivity contribution < 1.29 is 4.74 Å². The summed E-state index contributed by atoms with van der Waals surface area (Å²) in [6.07, 6.45) is 6.70. The van der Waals surface area contributed by atoms with Gasteiger partial charge in [-0.05, 0) is 19.4 Å². The molecule has 1 saturated heterocycles. The van der Waals surface area contributed by atoms with Gasteiger partial charge in [0.05, 0.1) is 12.7 Å². The number of nitrogens with one attached hydrogen (secondary N) is 1. The summed E-state index contributed by atoms with van der Waals surface area (Å²) in [6, 6.07) is 0. The van der Waals surface area contributed by atoms with E-state index in [0.717, 1.165) is 26.2 Å². The lowest BCUT2D eigenvalue weighted by atomic mass is 10.1. The zero-order chi connectivity index (χ0) is 11.4. The van der Waals surface area contributed by atoms with Gasteiger partial charge >= 0.3 is 0 Å². The van der Waals surface area contributed by atoms with E-state index in [-0.39, 0.29) is 0 Å². The Morgan fingerprint density at radius 1 is 1.13 bits per heavy atom. The molecular weight excluding hydrogens is 192 g/mol. The molecule has 0 aromatic carbocycles. The average Bonchev–Trinajstić information content (AvgIpc) is 2.33. The molecule has 15 heavy (non-hydrogen) atoms. The largest absolute Gasteiger partial charge is 0.376 e. The quantitative estimate of drug-likeness (QED) is 0.279. The van der Waals surface area contributed by atoms with Crippen LogP contribution in [0, 0.1) is 0 Å². The molecule has 0 radical (unpaired) electrons. The number of rotatable bonds is 6. The summed E-state index contributed by atoms with van der Waals surface area (Å²) < 4.78 is 5.60. The smallest absolute Gasteiger partial charge is 0.0700 e. The second-order valence-electron chi connectivity index (χ2n) is 3.69. The highest BCUT2D eigenvalue weighted by molar-refractivity contribution is 4.66. The predicted molar refractivity (Wildman–Crippen MR) is 63.1 cm³/mol. The van der Waals surface area contributed by atoms with E-state index in [9.17, 15) is 0 Å². The van der Waals surface area contributed by atoms with Crippen LogP contribution in [-0.4, -0.2) is 32.3 Å². The lowest BCUT2D eigenvalue weighted by molar-refractivity contribution is 0.0221. The van der Waals surface area contributed by atoms with Crippen molar-refractivity contribution in [3.63, 3.8) is 0 Å². The van der Waals surface area contributed by atoms with Gasteiger partial charge in [-0.15, -0.1) is 0 Å². The highest BCUT2D eigenvalue weighted by Crippen LogP contribution is 2.09. The Balaban J connectivity index is 0.000000921. The van der Waals surface area contributed by atoms with E-state index >= 15 is 0 Å². The molecule has 1 rings (SSSR count). The fourth-order valence-electron chi connectivity index (χ4n) is 1.68. The first-order chi connectivity index (χ1) is 7.43. The van der Waals surface area contributed by atoms with Gasteiger partial charge in [-0.2, -0.15) is 0 Å². The van der Waals surface area contributed by atoms with Crippen molar-refractivity contribution >= 4 is 0 Å². The summed E-state index contributed by atoms with van der Waals surface area (Å²) in [7, 11) is 0. The molecule has 1 heterocycles. The minimum Gasteiger partial charge on any atom is -0.376 e. The molecule has 0 aromatic heterocycles. The summed E-state index contributed by atoms with van der Waals surface area (Å²) in [4.78, 5) is 0. The van der Waals surface area contributed by atoms with Crippen molar-refractivity contribution in [3.8, 4) is 0 Å². The molecule has 0 saturated carbocycles. The van der Waals surface area contributed by atoms with Crippen LogP contribution in [0.25, 0.3) is 0 Å². The van der Waals surface area contributed by atoms with Crippen LogP contribution < -0.4 is 22.7 Å². The molecule has 7 N–H and O–H groups in total. The van der Waals surface area contributed by atoms with E-state index in [1.165, 1.54) is 32.1 Å². The van der Waals surface area contributed by atoms with Crippen molar-refractivity contribution in [1.29, 1.82) is 0 Å². The van der Waals surface area contributed by atoms with Crippen LogP contribution in [0.4, 0.5) is 0 Å². The minimum atomic E-state index is 0.464. The van der Waals surface area contributed by atoms with Crippen LogP contribution in [0.5, 0.6) is 0 Å². The number of hydrogen-bond donors (Lipinski definition) is 4. The summed E-state index contributed by atoms with van der Waals surface area (Å²) >= 11 is 0. The summed E-state index contributed by atoms with van der Waals surface area (Å²) in [5.41, 5.74) is 5.42. The van der Waals surface area contributed by atoms with Crippen LogP contribution >= 0.6 is 0 Å². The molecule has 1 aliphatic heterocycles. The maximum atomic E-state index is 5.60. The monoisotopic (exact) mass is 218 g/mol. The molecule has 5 nitrogen and oxygen atoms in total. The molecule has 1 aliphatic rings. The zero-order valence-electron chi connectivity index (χ0n) is 9.58. The Morgan fingerprint density at radius 3 is 2.47 bits per heavy atom. The van der Waals surface area contributed by atoms with E-state index < -0.39 is 0 Å². The molecular formula is C10H26N4O. The first-order valence-corrected chi connectivity index (χ1v) is 5.79. The third-order valence-electron chi connectivity index (χ3n) is 2.48. The number of hydrogen-bond acceptors (Lipinski definition) is 5. The molecule has 0 aliphatic carbocycles. The lowest BCUT2D eigenvalue weighted by Gasteiger charge is -2.23. The molecule has 92 valence electrons. The van der Waals surface area contributed by atoms with Crippen molar-refractivity contribution in [1.82, 2.24) is 5.32 Å². The molecule has 1 atom stereocenters. The van der Waals surface area contributed by atoms with Crippen molar-refractivity contribution in [3.05, 3.63) is 0 Å². The molecule has 5 heteroatoms. The zero-order valence-corrected chi connectivity index (χ0v) is 9.58. The second-order valence-corrected chi connectivity index (χ2v) is 3.69. The van der Waals surface area contributed by atoms with Crippen LogP contribution in [0.15, 0.2) is 0 Å². The van der Waals surface area contributed by atoms with Crippen LogP contribution in [0.2, 0.25) is 0 Å². The Morgan fingerprint density at radius 2 is 1.87 bits per heavy atom. The number of nitrogens with two attached hydrogens (primary N) is 3. The summed E-state index contributed by atoms with van der Waals surface area (Å²) in [5.74, 6) is 8.00. The number of morpholine rings is 1. The van der Waals surface area contributed by atoms with Gasteiger partial charge in [0, 0.05) is 13.1 Å². The molecule has 0 aromatic rings. The molecule has 1 unspecified atom stereocenters. The van der Waals surface area contributed by atoms with E-state index in [1.807, 2.05) is 0 Å². The number of unbranched alkanes of at least 4 members (excludes halogenated alkanes) is 3. The van der Waals surface area contributed by atoms with Gasteiger partial charge in [0.2, 0.25) is 0 Å². The summed E-state index contributed by atoms with van der Waals surface area (Å²) in [6.45, 7) is 3.77. The van der Waals surface area contributed by atoms with Crippen molar-refractivity contribution in [2.24, 2.45) is 17.4 Å². The van der Waals surface area contributed by atoms with Gasteiger partial charge in [-0.25, -0.2) is 0 Å². The van der Waals surface area contributed by atoms with E-state index in [4.69, 9.17) is 10.5 Å². The predicted octanol–water partition coefficient (Wildman–Crippen LogP) is -0.297. The van der Waals surface area contributed by atoms with Crippen LogP contribution in [-0.2, 0) is 4.74 Å². The summed E-state index contributed by atoms with van der Waals surface area (Å²) in [5, 5.41) is 3.34. The third-order valence-corrected chi connectivity index (χ3v) is 2.48. The molecule has 0 amide bonds. The second kappa shape index (κ2) is 11.9. The Kier molecular flexibility index (Phi) is 11.7. The standard InChI is InChI=1S/C10H22N2O.H4N2/c11-6-4-2-1-3-5-10-9-12-7-8-13-10;1-2/h10,12H,1-9,11H2;1-2H2. The fourth-order valence-corrected chi connectivity index (χ4v) is 1.68. The normalized spacial score (nSPS) is 20.6. The van der Waals surface area contributed by atoms with Gasteiger partial charge in [-0.1, -0.05) is 19.3 Å². The van der Waals surface area contributed by atoms with Crippen molar-refractivity contribution in [2.45, 2.75) is 38.2 Å². The fraction of sp³-hybridized carbons (Fsp3) is 1.00. The molecule has 1 fully saturated rings. The van der Waals surface area contributed by atoms with Crippen molar-refractivity contribution in [2.75, 3.05) is 26.2 Å². The topological polar surface area (TPSA) is 99.3 Å². The third kappa shape index (κ3) is 8.77. The van der Waals surface area contributed by atoms with Crippen LogP contribution in [0.3, 0.4) is 0 Å². The minimum absolute atomic E-state index is 0.464. The van der Waals surface area contributed by atoms with E-state index in [1.54, 1.807) is 0 Å². The average molecular weight is 218 g/mol. The Bertz CT molecular complexity index is 118. The van der Waals surface area contributed by atoms with Crippen LogP contribution in [0.1, 0.15) is 32.1 Å². The highest BCUT2D eigenvalue weighted by atomic mass is 16.5. The SMILES string of the molecule is NCCCCCCC1CNCCO1.NN. The first kappa shape index (κ1) is 14.8. The van der Waals surface area contributed by atoms with Gasteiger partial charge < -0.3 is 15.8 Å². The Hall–Kier alpha value is -0.200. The van der Waals surface area contributed by atoms with Gasteiger partial charge in [0.25, 0.3) is 0 Å². The Labute approximate surface area is 92.7 Å². The van der Waals surface area contributed by atoms with E-state index in [2.05, 4.69) is 17.0 Å². The first-order valence-electron chi connectivity index (χ1n) is 5.79.